The van der Waals surface area contributed by atoms with Gasteiger partial charge in [-0.15, -0.1) is 0 Å². The van der Waals surface area contributed by atoms with E-state index >= 15 is 0 Å². The van der Waals surface area contributed by atoms with Crippen LogP contribution in [0.2, 0.25) is 0 Å². The summed E-state index contributed by atoms with van der Waals surface area (Å²) in [6.45, 7) is -1.02. The third kappa shape index (κ3) is 1.95. The Morgan fingerprint density at radius 2 is 2.12 bits per heavy atom. The summed E-state index contributed by atoms with van der Waals surface area (Å²) in [5.41, 5.74) is 1.11. The van der Waals surface area contributed by atoms with E-state index in [1.54, 1.807) is 19.2 Å². The number of nitrogens with one attached hydrogen (secondary N) is 1. The zero-order valence-corrected chi connectivity index (χ0v) is 8.54. The van der Waals surface area contributed by atoms with E-state index in [9.17, 15) is 13.2 Å². The third-order valence-corrected chi connectivity index (χ3v) is 2.28. The number of pyridine rings is 1. The van der Waals surface area contributed by atoms with E-state index in [0.717, 1.165) is 10.3 Å². The van der Waals surface area contributed by atoms with Crippen molar-refractivity contribution in [1.82, 2.24) is 9.55 Å². The lowest BCUT2D eigenvalue weighted by molar-refractivity contribution is -0.139. The molecule has 0 aromatic carbocycles. The molecule has 0 bridgehead atoms. The number of alkyl halides is 3. The van der Waals surface area contributed by atoms with Gasteiger partial charge in [0.2, 0.25) is 0 Å². The summed E-state index contributed by atoms with van der Waals surface area (Å²) in [6, 6.07) is 3.35. The predicted octanol–water partition coefficient (Wildman–Crippen LogP) is 2.64. The van der Waals surface area contributed by atoms with Crippen molar-refractivity contribution < 1.29 is 13.2 Å². The average molecular weight is 229 g/mol. The van der Waals surface area contributed by atoms with Gasteiger partial charge >= 0.3 is 6.18 Å². The zero-order chi connectivity index (χ0) is 11.8. The molecule has 0 amide bonds. The number of aromatic nitrogens is 2. The highest BCUT2D eigenvalue weighted by Gasteiger charge is 2.28. The summed E-state index contributed by atoms with van der Waals surface area (Å²) < 4.78 is 37.9. The lowest BCUT2D eigenvalue weighted by Crippen LogP contribution is -2.17. The van der Waals surface area contributed by atoms with Crippen LogP contribution in [0.25, 0.3) is 11.0 Å². The first kappa shape index (κ1) is 10.8. The van der Waals surface area contributed by atoms with Crippen LogP contribution < -0.4 is 5.32 Å². The van der Waals surface area contributed by atoms with Crippen molar-refractivity contribution in [3.8, 4) is 0 Å². The maximum absolute atomic E-state index is 12.3. The number of anilines is 1. The molecule has 2 aromatic heterocycles. The minimum Gasteiger partial charge on any atom is -0.387 e. The fourth-order valence-corrected chi connectivity index (χ4v) is 1.63. The molecule has 1 N–H and O–H groups in total. The van der Waals surface area contributed by atoms with Gasteiger partial charge in [0.1, 0.15) is 12.2 Å². The number of nitrogens with zero attached hydrogens (tertiary/aromatic N) is 2. The average Bonchev–Trinajstić information content (AvgIpc) is 2.59. The van der Waals surface area contributed by atoms with Crippen LogP contribution in [0, 0.1) is 0 Å². The van der Waals surface area contributed by atoms with E-state index in [4.69, 9.17) is 0 Å². The van der Waals surface area contributed by atoms with Crippen LogP contribution in [-0.4, -0.2) is 22.8 Å². The molecule has 0 aliphatic heterocycles. The molecule has 2 heterocycles. The van der Waals surface area contributed by atoms with Crippen LogP contribution in [0.5, 0.6) is 0 Å². The van der Waals surface area contributed by atoms with Crippen molar-refractivity contribution in [2.75, 3.05) is 12.4 Å². The minimum atomic E-state index is -4.23. The molecule has 0 unspecified atom stereocenters. The highest BCUT2D eigenvalue weighted by molar-refractivity contribution is 5.89. The molecule has 0 saturated heterocycles. The summed E-state index contributed by atoms with van der Waals surface area (Å²) in [5, 5.41) is 3.60. The van der Waals surface area contributed by atoms with Gasteiger partial charge in [0.05, 0.1) is 0 Å². The van der Waals surface area contributed by atoms with Gasteiger partial charge in [-0.25, -0.2) is 4.98 Å². The first-order valence-corrected chi connectivity index (χ1v) is 4.69. The van der Waals surface area contributed by atoms with Crippen LogP contribution in [-0.2, 0) is 6.54 Å². The minimum absolute atomic E-state index is 0.337. The van der Waals surface area contributed by atoms with Crippen molar-refractivity contribution in [3.63, 3.8) is 0 Å². The molecule has 2 aromatic rings. The Labute approximate surface area is 89.9 Å². The van der Waals surface area contributed by atoms with Gasteiger partial charge < -0.3 is 9.88 Å². The zero-order valence-electron chi connectivity index (χ0n) is 8.54. The highest BCUT2D eigenvalue weighted by atomic mass is 19.4. The maximum Gasteiger partial charge on any atom is 0.406 e. The Hall–Kier alpha value is -1.72. The van der Waals surface area contributed by atoms with Gasteiger partial charge in [-0.3, -0.25) is 0 Å². The smallest absolute Gasteiger partial charge is 0.387 e. The Kier molecular flexibility index (Phi) is 2.49. The largest absolute Gasteiger partial charge is 0.406 e. The molecule has 0 fully saturated rings. The Balaban J connectivity index is 2.49. The van der Waals surface area contributed by atoms with Gasteiger partial charge in [0.15, 0.2) is 0 Å². The second-order valence-electron chi connectivity index (χ2n) is 3.40. The van der Waals surface area contributed by atoms with Crippen LogP contribution in [0.4, 0.5) is 18.9 Å². The molecule has 0 saturated carbocycles. The van der Waals surface area contributed by atoms with E-state index in [-0.39, 0.29) is 0 Å². The molecule has 2 rings (SSSR count). The molecule has 86 valence electrons. The lowest BCUT2D eigenvalue weighted by Gasteiger charge is -2.08. The first-order chi connectivity index (χ1) is 7.51. The van der Waals surface area contributed by atoms with E-state index in [1.807, 2.05) is 0 Å². The molecular formula is C10H10F3N3. The number of rotatable bonds is 2. The summed E-state index contributed by atoms with van der Waals surface area (Å²) >= 11 is 0. The van der Waals surface area contributed by atoms with E-state index in [2.05, 4.69) is 10.3 Å². The van der Waals surface area contributed by atoms with Crippen molar-refractivity contribution in [3.05, 3.63) is 24.5 Å². The van der Waals surface area contributed by atoms with Crippen LogP contribution in [0.1, 0.15) is 0 Å². The number of hydrogen-bond acceptors (Lipinski definition) is 2. The van der Waals surface area contributed by atoms with E-state index < -0.39 is 12.7 Å². The van der Waals surface area contributed by atoms with Crippen molar-refractivity contribution in [2.24, 2.45) is 0 Å². The van der Waals surface area contributed by atoms with Crippen molar-refractivity contribution in [2.45, 2.75) is 12.7 Å². The summed E-state index contributed by atoms with van der Waals surface area (Å²) in [5.74, 6) is 0. The van der Waals surface area contributed by atoms with Gasteiger partial charge in [0.25, 0.3) is 0 Å². The number of hydrogen-bond donors (Lipinski definition) is 1. The molecule has 0 atom stereocenters. The Bertz CT molecular complexity index is 501. The first-order valence-electron chi connectivity index (χ1n) is 4.69. The molecule has 6 heteroatoms. The number of halogens is 3. The SMILES string of the molecule is CNc1ccnc2c1ccn2CC(F)(F)F. The Morgan fingerprint density at radius 3 is 2.75 bits per heavy atom. The maximum atomic E-state index is 12.3. The normalized spacial score (nSPS) is 12.0. The fourth-order valence-electron chi connectivity index (χ4n) is 1.63. The predicted molar refractivity (Wildman–Crippen MR) is 55.3 cm³/mol. The molecule has 16 heavy (non-hydrogen) atoms. The van der Waals surface area contributed by atoms with Crippen molar-refractivity contribution >= 4 is 16.7 Å². The second kappa shape index (κ2) is 3.70. The van der Waals surface area contributed by atoms with Crippen LogP contribution >= 0.6 is 0 Å². The van der Waals surface area contributed by atoms with Gasteiger partial charge in [-0.2, -0.15) is 13.2 Å². The summed E-state index contributed by atoms with van der Waals surface area (Å²) in [6.07, 6.45) is -1.35. The molecule has 0 aliphatic carbocycles. The third-order valence-electron chi connectivity index (χ3n) is 2.28. The lowest BCUT2D eigenvalue weighted by atomic mass is 10.3. The fraction of sp³-hybridized carbons (Fsp3) is 0.300. The summed E-state index contributed by atoms with van der Waals surface area (Å²) in [7, 11) is 1.72. The standard InChI is InChI=1S/C10H10F3N3/c1-14-8-2-4-15-9-7(8)3-5-16(9)6-10(11,12)13/h2-5H,6H2,1H3,(H,14,15). The van der Waals surface area contributed by atoms with E-state index in [0.29, 0.717) is 11.0 Å². The quantitative estimate of drug-likeness (QED) is 0.857. The molecule has 0 radical (unpaired) electrons. The van der Waals surface area contributed by atoms with Crippen molar-refractivity contribution in [1.29, 1.82) is 0 Å². The molecular weight excluding hydrogens is 219 g/mol. The van der Waals surface area contributed by atoms with Gasteiger partial charge in [-0.05, 0) is 12.1 Å². The topological polar surface area (TPSA) is 29.9 Å². The number of fused-ring (bicyclic) bond motifs is 1. The molecule has 0 aliphatic rings. The van der Waals surface area contributed by atoms with Gasteiger partial charge in [-0.1, -0.05) is 0 Å². The van der Waals surface area contributed by atoms with Gasteiger partial charge in [0, 0.05) is 30.5 Å². The highest BCUT2D eigenvalue weighted by Crippen LogP contribution is 2.25. The monoisotopic (exact) mass is 229 g/mol. The second-order valence-corrected chi connectivity index (χ2v) is 3.40. The van der Waals surface area contributed by atoms with Crippen LogP contribution in [0.15, 0.2) is 24.5 Å². The molecule has 3 nitrogen and oxygen atoms in total. The van der Waals surface area contributed by atoms with E-state index in [1.165, 1.54) is 12.4 Å². The summed E-state index contributed by atoms with van der Waals surface area (Å²) in [4.78, 5) is 3.96. The van der Waals surface area contributed by atoms with Crippen LogP contribution in [0.3, 0.4) is 0 Å². The Morgan fingerprint density at radius 1 is 1.38 bits per heavy atom. The molecule has 0 spiro atoms.